The molecule has 82 valence electrons. The summed E-state index contributed by atoms with van der Waals surface area (Å²) < 4.78 is 0. The van der Waals surface area contributed by atoms with Crippen LogP contribution in [-0.2, 0) is 0 Å². The van der Waals surface area contributed by atoms with Crippen molar-refractivity contribution in [2.24, 2.45) is 0 Å². The lowest BCUT2D eigenvalue weighted by Gasteiger charge is -2.16. The smallest absolute Gasteiger partial charge is 0.0997 e. The number of allylic oxidation sites excluding steroid dienone is 2. The molecule has 1 aliphatic carbocycles. The maximum absolute atomic E-state index is 9.35. The molecule has 0 unspecified atom stereocenters. The third-order valence-electron chi connectivity index (χ3n) is 3.34. The van der Waals surface area contributed by atoms with Crippen LogP contribution in [0, 0.1) is 18.3 Å². The predicted molar refractivity (Wildman–Crippen MR) is 66.8 cm³/mol. The minimum Gasteiger partial charge on any atom is -0.192 e. The van der Waals surface area contributed by atoms with Crippen LogP contribution in [0.15, 0.2) is 29.8 Å². The summed E-state index contributed by atoms with van der Waals surface area (Å²) in [5.74, 6) is 0. The number of nitriles is 1. The summed E-state index contributed by atoms with van der Waals surface area (Å²) in [7, 11) is 0. The molecule has 1 fully saturated rings. The van der Waals surface area contributed by atoms with Crippen molar-refractivity contribution >= 4 is 5.57 Å². The van der Waals surface area contributed by atoms with Crippen LogP contribution in [-0.4, -0.2) is 0 Å². The second kappa shape index (κ2) is 4.99. The number of nitrogens with zero attached hydrogens (tertiary/aromatic N) is 1. The van der Waals surface area contributed by atoms with Crippen LogP contribution in [0.2, 0.25) is 0 Å². The number of aryl methyl sites for hydroxylation is 1. The molecule has 1 nitrogen and oxygen atoms in total. The summed E-state index contributed by atoms with van der Waals surface area (Å²) in [6.07, 6.45) is 6.02. The van der Waals surface area contributed by atoms with E-state index in [-0.39, 0.29) is 0 Å². The molecule has 16 heavy (non-hydrogen) atoms. The van der Waals surface area contributed by atoms with Gasteiger partial charge in [0, 0.05) is 0 Å². The highest BCUT2D eigenvalue weighted by Crippen LogP contribution is 2.31. The van der Waals surface area contributed by atoms with Crippen molar-refractivity contribution in [1.82, 2.24) is 0 Å². The summed E-state index contributed by atoms with van der Waals surface area (Å²) >= 11 is 0. The zero-order valence-electron chi connectivity index (χ0n) is 9.79. The molecule has 0 aromatic heterocycles. The van der Waals surface area contributed by atoms with Gasteiger partial charge in [0.2, 0.25) is 0 Å². The third kappa shape index (κ3) is 2.17. The van der Waals surface area contributed by atoms with E-state index >= 15 is 0 Å². The first-order chi connectivity index (χ1) is 7.83. The van der Waals surface area contributed by atoms with E-state index in [4.69, 9.17) is 0 Å². The van der Waals surface area contributed by atoms with Crippen molar-refractivity contribution in [2.45, 2.75) is 39.0 Å². The van der Waals surface area contributed by atoms with Gasteiger partial charge in [0.15, 0.2) is 0 Å². The Kier molecular flexibility index (Phi) is 3.41. The maximum atomic E-state index is 9.35. The molecule has 1 aromatic rings. The fourth-order valence-electron chi connectivity index (χ4n) is 2.41. The van der Waals surface area contributed by atoms with Gasteiger partial charge < -0.3 is 0 Å². The molecule has 0 radical (unpaired) electrons. The summed E-state index contributed by atoms with van der Waals surface area (Å²) in [5, 5.41) is 9.35. The Morgan fingerprint density at radius 3 is 2.44 bits per heavy atom. The van der Waals surface area contributed by atoms with Gasteiger partial charge in [-0.2, -0.15) is 5.26 Å². The van der Waals surface area contributed by atoms with Crippen LogP contribution in [0.3, 0.4) is 0 Å². The Bertz CT molecular complexity index is 441. The first-order valence-electron chi connectivity index (χ1n) is 6.01. The fraction of sp³-hybridized carbons (Fsp3) is 0.400. The van der Waals surface area contributed by atoms with Gasteiger partial charge in [-0.15, -0.1) is 0 Å². The monoisotopic (exact) mass is 211 g/mol. The van der Waals surface area contributed by atoms with E-state index in [1.165, 1.54) is 30.4 Å². The van der Waals surface area contributed by atoms with Gasteiger partial charge in [-0.25, -0.2) is 0 Å². The van der Waals surface area contributed by atoms with Gasteiger partial charge >= 0.3 is 0 Å². The highest BCUT2D eigenvalue weighted by molar-refractivity contribution is 5.81. The van der Waals surface area contributed by atoms with E-state index in [1.807, 2.05) is 12.1 Å². The van der Waals surface area contributed by atoms with E-state index in [0.29, 0.717) is 0 Å². The van der Waals surface area contributed by atoms with Crippen LogP contribution >= 0.6 is 0 Å². The zero-order chi connectivity index (χ0) is 11.4. The van der Waals surface area contributed by atoms with Crippen LogP contribution in [0.1, 0.15) is 43.2 Å². The van der Waals surface area contributed by atoms with Crippen molar-refractivity contribution in [3.63, 3.8) is 0 Å². The van der Waals surface area contributed by atoms with E-state index in [2.05, 4.69) is 25.1 Å². The predicted octanol–water partition coefficient (Wildman–Crippen LogP) is 4.24. The standard InChI is InChI=1S/C15H17N/c1-12-7-5-6-10-14(12)15(11-16)13-8-3-2-4-9-13/h5-7,10H,2-4,8-9H2,1H3. The Hall–Kier alpha value is -1.55. The zero-order valence-corrected chi connectivity index (χ0v) is 9.79. The van der Waals surface area contributed by atoms with Gasteiger partial charge in [-0.05, 0) is 43.7 Å². The third-order valence-corrected chi connectivity index (χ3v) is 3.34. The molecule has 1 saturated carbocycles. The molecular formula is C15H17N. The molecular weight excluding hydrogens is 194 g/mol. The Morgan fingerprint density at radius 2 is 1.81 bits per heavy atom. The molecule has 0 aliphatic heterocycles. The van der Waals surface area contributed by atoms with Gasteiger partial charge in [0.25, 0.3) is 0 Å². The van der Waals surface area contributed by atoms with Crippen molar-refractivity contribution < 1.29 is 0 Å². The summed E-state index contributed by atoms with van der Waals surface area (Å²) in [6.45, 7) is 2.08. The van der Waals surface area contributed by atoms with Crippen LogP contribution < -0.4 is 0 Å². The molecule has 0 bridgehead atoms. The normalized spacial score (nSPS) is 15.6. The minimum atomic E-state index is 0.929. The second-order valence-corrected chi connectivity index (χ2v) is 4.47. The molecule has 0 heterocycles. The van der Waals surface area contributed by atoms with Gasteiger partial charge in [0.05, 0.1) is 11.6 Å². The molecule has 0 spiro atoms. The Labute approximate surface area is 97.4 Å². The summed E-state index contributed by atoms with van der Waals surface area (Å²) in [6, 6.07) is 10.6. The van der Waals surface area contributed by atoms with Crippen LogP contribution in [0.5, 0.6) is 0 Å². The average molecular weight is 211 g/mol. The molecule has 0 amide bonds. The summed E-state index contributed by atoms with van der Waals surface area (Å²) in [5.41, 5.74) is 4.62. The molecule has 1 aliphatic rings. The lowest BCUT2D eigenvalue weighted by molar-refractivity contribution is 0.601. The second-order valence-electron chi connectivity index (χ2n) is 4.47. The first-order valence-corrected chi connectivity index (χ1v) is 6.01. The number of hydrogen-bond donors (Lipinski definition) is 0. The highest BCUT2D eigenvalue weighted by atomic mass is 14.3. The fourth-order valence-corrected chi connectivity index (χ4v) is 2.41. The van der Waals surface area contributed by atoms with Crippen LogP contribution in [0.4, 0.5) is 0 Å². The minimum absolute atomic E-state index is 0.929. The number of hydrogen-bond acceptors (Lipinski definition) is 1. The number of rotatable bonds is 1. The first kappa shape index (κ1) is 11.0. The largest absolute Gasteiger partial charge is 0.192 e. The van der Waals surface area contributed by atoms with E-state index in [9.17, 15) is 5.26 Å². The van der Waals surface area contributed by atoms with Crippen molar-refractivity contribution in [3.8, 4) is 6.07 Å². The maximum Gasteiger partial charge on any atom is 0.0997 e. The molecule has 2 rings (SSSR count). The lowest BCUT2D eigenvalue weighted by atomic mass is 9.87. The van der Waals surface area contributed by atoms with E-state index in [0.717, 1.165) is 24.0 Å². The molecule has 1 heteroatoms. The molecule has 0 N–H and O–H groups in total. The lowest BCUT2D eigenvalue weighted by Crippen LogP contribution is -1.98. The Morgan fingerprint density at radius 1 is 1.12 bits per heavy atom. The number of benzene rings is 1. The average Bonchev–Trinajstić information content (AvgIpc) is 2.34. The van der Waals surface area contributed by atoms with Crippen molar-refractivity contribution in [1.29, 1.82) is 5.26 Å². The van der Waals surface area contributed by atoms with E-state index < -0.39 is 0 Å². The van der Waals surface area contributed by atoms with E-state index in [1.54, 1.807) is 0 Å². The van der Waals surface area contributed by atoms with Crippen molar-refractivity contribution in [3.05, 3.63) is 41.0 Å². The van der Waals surface area contributed by atoms with Crippen molar-refractivity contribution in [2.75, 3.05) is 0 Å². The molecule has 0 saturated heterocycles. The molecule has 1 aromatic carbocycles. The van der Waals surface area contributed by atoms with Gasteiger partial charge in [0.1, 0.15) is 0 Å². The summed E-state index contributed by atoms with van der Waals surface area (Å²) in [4.78, 5) is 0. The topological polar surface area (TPSA) is 23.8 Å². The van der Waals surface area contributed by atoms with Gasteiger partial charge in [-0.1, -0.05) is 36.3 Å². The highest BCUT2D eigenvalue weighted by Gasteiger charge is 2.13. The molecule has 0 atom stereocenters. The van der Waals surface area contributed by atoms with Crippen LogP contribution in [0.25, 0.3) is 5.57 Å². The van der Waals surface area contributed by atoms with Gasteiger partial charge in [-0.3, -0.25) is 0 Å². The SMILES string of the molecule is Cc1ccccc1C(C#N)=C1CCCCC1. The quantitative estimate of drug-likeness (QED) is 0.637. The Balaban J connectivity index is 2.43.